The van der Waals surface area contributed by atoms with Gasteiger partial charge in [0.05, 0.1) is 23.5 Å². The molecule has 2 aromatic heterocycles. The molecule has 8 nitrogen and oxygen atoms in total. The Kier molecular flexibility index (Phi) is 7.43. The van der Waals surface area contributed by atoms with Crippen LogP contribution in [0.3, 0.4) is 0 Å². The van der Waals surface area contributed by atoms with E-state index in [1.54, 1.807) is 18.2 Å². The summed E-state index contributed by atoms with van der Waals surface area (Å²) in [4.78, 5) is 24.8. The van der Waals surface area contributed by atoms with Crippen LogP contribution in [0.25, 0.3) is 11.0 Å². The fraction of sp³-hybridized carbons (Fsp3) is 0.231. The lowest BCUT2D eigenvalue weighted by Gasteiger charge is -2.27. The molecule has 0 bridgehead atoms. The highest BCUT2D eigenvalue weighted by Crippen LogP contribution is 2.34. The van der Waals surface area contributed by atoms with Crippen molar-refractivity contribution in [3.63, 3.8) is 0 Å². The number of furan rings is 1. The zero-order chi connectivity index (χ0) is 24.9. The number of amides is 1. The molecule has 0 aliphatic heterocycles. The number of halogens is 1. The summed E-state index contributed by atoms with van der Waals surface area (Å²) < 4.78 is 6.01. The number of anilines is 1. The van der Waals surface area contributed by atoms with E-state index < -0.39 is 5.97 Å². The van der Waals surface area contributed by atoms with E-state index in [1.807, 2.05) is 18.2 Å². The fourth-order valence-corrected chi connectivity index (χ4v) is 4.13. The second-order valence-electron chi connectivity index (χ2n) is 8.47. The summed E-state index contributed by atoms with van der Waals surface area (Å²) in [6.45, 7) is 0. The average molecular weight is 493 g/mol. The van der Waals surface area contributed by atoms with Crippen LogP contribution in [0.15, 0.2) is 65.3 Å². The Balaban J connectivity index is 0.000000243. The number of benzene rings is 2. The molecule has 1 aliphatic carbocycles. The molecule has 9 heteroatoms. The van der Waals surface area contributed by atoms with Crippen LogP contribution in [0, 0.1) is 0 Å². The maximum absolute atomic E-state index is 12.3. The number of fused-ring (bicyclic) bond motifs is 3. The Hall–Kier alpha value is -3.75. The van der Waals surface area contributed by atoms with Crippen LogP contribution < -0.4 is 5.32 Å². The van der Waals surface area contributed by atoms with Crippen LogP contribution in [-0.2, 0) is 12.8 Å². The van der Waals surface area contributed by atoms with Crippen LogP contribution in [-0.4, -0.2) is 52.2 Å². The molecule has 0 radical (unpaired) electrons. The number of carbonyl (C=O) groups excluding carboxylic acids is 1. The topological polar surface area (TPSA) is 109 Å². The molecule has 5 rings (SSSR count). The van der Waals surface area contributed by atoms with E-state index >= 15 is 0 Å². The smallest absolute Gasteiger partial charge is 0.335 e. The van der Waals surface area contributed by atoms with Crippen molar-refractivity contribution in [3.05, 3.63) is 88.4 Å². The minimum absolute atomic E-state index is 0.196. The molecule has 1 aliphatic rings. The zero-order valence-electron chi connectivity index (χ0n) is 19.4. The minimum atomic E-state index is -0.934. The van der Waals surface area contributed by atoms with Gasteiger partial charge in [0.2, 0.25) is 0 Å². The molecule has 2 N–H and O–H groups in total. The van der Waals surface area contributed by atoms with Crippen molar-refractivity contribution < 1.29 is 19.1 Å². The van der Waals surface area contributed by atoms with Crippen molar-refractivity contribution in [2.45, 2.75) is 25.3 Å². The number of rotatable bonds is 4. The molecule has 4 aromatic rings. The molecular weight excluding hydrogens is 468 g/mol. The zero-order valence-corrected chi connectivity index (χ0v) is 20.1. The fourth-order valence-electron chi connectivity index (χ4n) is 4.00. The third-order valence-corrected chi connectivity index (χ3v) is 6.20. The van der Waals surface area contributed by atoms with Gasteiger partial charge in [0.15, 0.2) is 0 Å². The molecule has 180 valence electrons. The SMILES string of the molecule is CN(C)C1CCc2oc3ccc(NC(=O)c4ccnnc4)cc3c2C1.O=C(O)c1ccc(Cl)cc1. The molecular formula is C26H25ClN4O4. The van der Waals surface area contributed by atoms with Crippen LogP contribution in [0.5, 0.6) is 0 Å². The summed E-state index contributed by atoms with van der Waals surface area (Å²) in [6.07, 6.45) is 6.00. The number of aromatic carboxylic acids is 1. The van der Waals surface area contributed by atoms with Gasteiger partial charge in [0.1, 0.15) is 11.3 Å². The van der Waals surface area contributed by atoms with Gasteiger partial charge in [-0.2, -0.15) is 10.2 Å². The van der Waals surface area contributed by atoms with E-state index in [-0.39, 0.29) is 11.5 Å². The van der Waals surface area contributed by atoms with Gasteiger partial charge >= 0.3 is 5.97 Å². The third kappa shape index (κ3) is 5.85. The Morgan fingerprint density at radius 1 is 1.09 bits per heavy atom. The van der Waals surface area contributed by atoms with Gasteiger partial charge in [-0.05, 0) is 75.5 Å². The number of hydrogen-bond donors (Lipinski definition) is 2. The lowest BCUT2D eigenvalue weighted by molar-refractivity contribution is 0.0696. The number of nitrogens with zero attached hydrogens (tertiary/aromatic N) is 3. The largest absolute Gasteiger partial charge is 0.478 e. The molecule has 0 spiro atoms. The van der Waals surface area contributed by atoms with Gasteiger partial charge in [0.25, 0.3) is 5.91 Å². The maximum atomic E-state index is 12.3. The quantitative estimate of drug-likeness (QED) is 0.415. The number of aryl methyl sites for hydroxylation is 1. The Morgan fingerprint density at radius 3 is 2.51 bits per heavy atom. The number of likely N-dealkylation sites (N-methyl/N-ethyl adjacent to an activating group) is 1. The second-order valence-corrected chi connectivity index (χ2v) is 8.91. The normalized spacial score (nSPS) is 14.7. The third-order valence-electron chi connectivity index (χ3n) is 5.94. The van der Waals surface area contributed by atoms with Crippen LogP contribution >= 0.6 is 11.6 Å². The van der Waals surface area contributed by atoms with Crippen LogP contribution in [0.2, 0.25) is 5.02 Å². The molecule has 1 atom stereocenters. The first kappa shape index (κ1) is 24.4. The van der Waals surface area contributed by atoms with E-state index in [4.69, 9.17) is 21.1 Å². The van der Waals surface area contributed by atoms with Crippen molar-refractivity contribution in [2.75, 3.05) is 19.4 Å². The maximum Gasteiger partial charge on any atom is 0.335 e. The summed E-state index contributed by atoms with van der Waals surface area (Å²) in [6, 6.07) is 14.0. The highest BCUT2D eigenvalue weighted by Gasteiger charge is 2.25. The number of carboxylic acids is 1. The van der Waals surface area contributed by atoms with Crippen LogP contribution in [0.4, 0.5) is 5.69 Å². The average Bonchev–Trinajstić information content (AvgIpc) is 3.22. The predicted molar refractivity (Wildman–Crippen MR) is 134 cm³/mol. The van der Waals surface area contributed by atoms with E-state index in [1.165, 1.54) is 30.1 Å². The van der Waals surface area contributed by atoms with Gasteiger partial charge in [0, 0.05) is 34.1 Å². The minimum Gasteiger partial charge on any atom is -0.478 e. The van der Waals surface area contributed by atoms with Crippen molar-refractivity contribution in [1.82, 2.24) is 15.1 Å². The summed E-state index contributed by atoms with van der Waals surface area (Å²) >= 11 is 5.52. The van der Waals surface area contributed by atoms with Crippen molar-refractivity contribution in [2.24, 2.45) is 0 Å². The first-order valence-corrected chi connectivity index (χ1v) is 11.5. The number of aromatic nitrogens is 2. The number of nitrogens with one attached hydrogen (secondary N) is 1. The van der Waals surface area contributed by atoms with Crippen molar-refractivity contribution in [1.29, 1.82) is 0 Å². The van der Waals surface area contributed by atoms with Crippen LogP contribution in [0.1, 0.15) is 38.5 Å². The van der Waals surface area contributed by atoms with Gasteiger partial charge in [-0.3, -0.25) is 4.79 Å². The molecule has 1 amide bonds. The standard InChI is InChI=1S/C19H20N4O2.C7H5ClO2/c1-23(2)14-4-6-18-16(10-14)15-9-13(3-5-17(15)25-18)22-19(24)12-7-8-20-21-11-12;8-6-3-1-5(2-4-6)7(9)10/h3,5,7-9,11,14H,4,6,10H2,1-2H3,(H,22,24);1-4H,(H,9,10). The molecule has 2 aromatic carbocycles. The number of carbonyl (C=O) groups is 2. The monoisotopic (exact) mass is 492 g/mol. The van der Waals surface area contributed by atoms with E-state index in [9.17, 15) is 9.59 Å². The van der Waals surface area contributed by atoms with E-state index in [0.717, 1.165) is 41.7 Å². The molecule has 0 saturated heterocycles. The highest BCUT2D eigenvalue weighted by molar-refractivity contribution is 6.30. The van der Waals surface area contributed by atoms with Crippen molar-refractivity contribution in [3.8, 4) is 0 Å². The predicted octanol–water partition coefficient (Wildman–Crippen LogP) is 4.93. The first-order valence-electron chi connectivity index (χ1n) is 11.1. The number of hydrogen-bond acceptors (Lipinski definition) is 6. The molecule has 2 heterocycles. The molecule has 1 unspecified atom stereocenters. The summed E-state index contributed by atoms with van der Waals surface area (Å²) in [5.74, 6) is -0.0515. The van der Waals surface area contributed by atoms with Gasteiger partial charge in [-0.1, -0.05) is 11.6 Å². The molecule has 35 heavy (non-hydrogen) atoms. The van der Waals surface area contributed by atoms with Crippen molar-refractivity contribution >= 4 is 40.1 Å². The summed E-state index contributed by atoms with van der Waals surface area (Å²) in [7, 11) is 4.23. The second kappa shape index (κ2) is 10.7. The number of carboxylic acid groups (broad SMARTS) is 1. The van der Waals surface area contributed by atoms with Gasteiger partial charge in [-0.15, -0.1) is 0 Å². The van der Waals surface area contributed by atoms with Gasteiger partial charge in [-0.25, -0.2) is 4.79 Å². The lowest BCUT2D eigenvalue weighted by atomic mass is 9.91. The van der Waals surface area contributed by atoms with E-state index in [2.05, 4.69) is 34.5 Å². The highest BCUT2D eigenvalue weighted by atomic mass is 35.5. The Morgan fingerprint density at radius 2 is 1.86 bits per heavy atom. The Bertz CT molecular complexity index is 1340. The Labute approximate surface area is 207 Å². The molecule has 0 fully saturated rings. The molecule has 0 saturated carbocycles. The lowest BCUT2D eigenvalue weighted by Crippen LogP contribution is -2.33. The summed E-state index contributed by atoms with van der Waals surface area (Å²) in [5.41, 5.74) is 3.64. The summed E-state index contributed by atoms with van der Waals surface area (Å²) in [5, 5.41) is 20.4. The first-order chi connectivity index (χ1) is 16.8. The van der Waals surface area contributed by atoms with E-state index in [0.29, 0.717) is 16.6 Å². The van der Waals surface area contributed by atoms with Gasteiger partial charge < -0.3 is 19.7 Å².